The maximum absolute atomic E-state index is 12.6. The third kappa shape index (κ3) is 3.62. The Morgan fingerprint density at radius 2 is 1.57 bits per heavy atom. The van der Waals surface area contributed by atoms with Crippen LogP contribution in [0.4, 0.5) is 0 Å². The first kappa shape index (κ1) is 19.3. The highest BCUT2D eigenvalue weighted by molar-refractivity contribution is 5.89. The zero-order valence-electron chi connectivity index (χ0n) is 15.5. The van der Waals surface area contributed by atoms with Crippen molar-refractivity contribution < 1.29 is 39.8 Å². The lowest BCUT2D eigenvalue weighted by Gasteiger charge is -2.34. The summed E-state index contributed by atoms with van der Waals surface area (Å²) in [6, 6.07) is 12.1. The van der Waals surface area contributed by atoms with Gasteiger partial charge in [0.05, 0.1) is 5.56 Å². The van der Waals surface area contributed by atoms with E-state index >= 15 is 0 Å². The highest BCUT2D eigenvalue weighted by Crippen LogP contribution is 2.43. The molecule has 0 saturated carbocycles. The second-order valence-electron chi connectivity index (χ2n) is 6.92. The van der Waals surface area contributed by atoms with Gasteiger partial charge < -0.3 is 35.0 Å². The fraction of sp³-hybridized carbons (Fsp3) is 0.136. The molecule has 30 heavy (non-hydrogen) atoms. The van der Waals surface area contributed by atoms with Crippen LogP contribution in [0, 0.1) is 0 Å². The van der Waals surface area contributed by atoms with Gasteiger partial charge in [-0.1, -0.05) is 6.07 Å². The standard InChI is InChI=1S/C22H18O8/c23-13-4-1-11(2-5-13)22(28)30-20-10-15-17(26)8-14(24)9-19(15)29-21(20)12-3-6-16(25)18(27)7-12/h1-9,20-21,23-27H,10H2. The number of fused-ring (bicyclic) bond motifs is 1. The van der Waals surface area contributed by atoms with Crippen molar-refractivity contribution in [2.75, 3.05) is 0 Å². The van der Waals surface area contributed by atoms with E-state index in [2.05, 4.69) is 0 Å². The molecular weight excluding hydrogens is 392 g/mol. The van der Waals surface area contributed by atoms with E-state index in [1.807, 2.05) is 0 Å². The number of hydrogen-bond donors (Lipinski definition) is 5. The molecule has 0 fully saturated rings. The van der Waals surface area contributed by atoms with E-state index in [0.717, 1.165) is 6.07 Å². The number of hydrogen-bond acceptors (Lipinski definition) is 8. The van der Waals surface area contributed by atoms with Gasteiger partial charge in [-0.2, -0.15) is 0 Å². The molecule has 5 N–H and O–H groups in total. The van der Waals surface area contributed by atoms with Crippen molar-refractivity contribution >= 4 is 5.97 Å². The van der Waals surface area contributed by atoms with Crippen LogP contribution in [0.1, 0.15) is 27.6 Å². The van der Waals surface area contributed by atoms with Crippen LogP contribution in [-0.4, -0.2) is 37.6 Å². The third-order valence-electron chi connectivity index (χ3n) is 4.86. The van der Waals surface area contributed by atoms with Gasteiger partial charge in [-0.05, 0) is 36.4 Å². The molecule has 8 heteroatoms. The number of carbonyl (C=O) groups is 1. The topological polar surface area (TPSA) is 137 Å². The zero-order chi connectivity index (χ0) is 21.4. The van der Waals surface area contributed by atoms with Crippen molar-refractivity contribution in [3.63, 3.8) is 0 Å². The SMILES string of the molecule is O=C(OC1Cc2c(O)cc(O)cc2OC1c1ccc(O)c(O)c1)c1ccc(O)cc1. The summed E-state index contributed by atoms with van der Waals surface area (Å²) < 4.78 is 11.5. The zero-order valence-corrected chi connectivity index (χ0v) is 15.5. The Labute approximate surface area is 170 Å². The van der Waals surface area contributed by atoms with Crippen molar-refractivity contribution in [3.8, 4) is 34.5 Å². The highest BCUT2D eigenvalue weighted by Gasteiger charge is 2.36. The van der Waals surface area contributed by atoms with Crippen molar-refractivity contribution in [2.24, 2.45) is 0 Å². The second kappa shape index (κ2) is 7.40. The van der Waals surface area contributed by atoms with E-state index in [9.17, 15) is 30.3 Å². The molecule has 1 heterocycles. The van der Waals surface area contributed by atoms with Gasteiger partial charge in [0.2, 0.25) is 0 Å². The van der Waals surface area contributed by atoms with Gasteiger partial charge in [0, 0.05) is 29.7 Å². The monoisotopic (exact) mass is 410 g/mol. The van der Waals surface area contributed by atoms with Gasteiger partial charge in [0.15, 0.2) is 17.6 Å². The molecule has 1 aliphatic heterocycles. The Bertz CT molecular complexity index is 1110. The molecule has 0 aliphatic carbocycles. The third-order valence-corrected chi connectivity index (χ3v) is 4.86. The van der Waals surface area contributed by atoms with Gasteiger partial charge in [-0.25, -0.2) is 4.79 Å². The molecule has 4 rings (SSSR count). The Hall–Kier alpha value is -4.07. The highest BCUT2D eigenvalue weighted by atomic mass is 16.6. The average Bonchev–Trinajstić information content (AvgIpc) is 2.70. The van der Waals surface area contributed by atoms with E-state index in [1.165, 1.54) is 48.5 Å². The second-order valence-corrected chi connectivity index (χ2v) is 6.92. The summed E-state index contributed by atoms with van der Waals surface area (Å²) in [5, 5.41) is 48.8. The summed E-state index contributed by atoms with van der Waals surface area (Å²) in [7, 11) is 0. The summed E-state index contributed by atoms with van der Waals surface area (Å²) in [4.78, 5) is 12.6. The first-order valence-electron chi connectivity index (χ1n) is 9.05. The first-order valence-corrected chi connectivity index (χ1v) is 9.05. The van der Waals surface area contributed by atoms with Crippen LogP contribution in [0.3, 0.4) is 0 Å². The summed E-state index contributed by atoms with van der Waals surface area (Å²) in [6.07, 6.45) is -1.69. The molecule has 2 atom stereocenters. The van der Waals surface area contributed by atoms with Crippen molar-refractivity contribution in [2.45, 2.75) is 18.6 Å². The van der Waals surface area contributed by atoms with Crippen LogP contribution in [0.5, 0.6) is 34.5 Å². The van der Waals surface area contributed by atoms with Crippen LogP contribution >= 0.6 is 0 Å². The number of rotatable bonds is 3. The molecule has 0 spiro atoms. The number of esters is 1. The van der Waals surface area contributed by atoms with Crippen molar-refractivity contribution in [3.05, 3.63) is 71.3 Å². The lowest BCUT2D eigenvalue weighted by atomic mass is 9.93. The average molecular weight is 410 g/mol. The molecule has 3 aromatic rings. The van der Waals surface area contributed by atoms with E-state index in [1.54, 1.807) is 0 Å². The van der Waals surface area contributed by atoms with E-state index in [-0.39, 0.29) is 46.5 Å². The molecule has 0 saturated heterocycles. The minimum atomic E-state index is -0.891. The number of aromatic hydroxyl groups is 5. The Balaban J connectivity index is 1.71. The largest absolute Gasteiger partial charge is 0.508 e. The smallest absolute Gasteiger partial charge is 0.338 e. The van der Waals surface area contributed by atoms with E-state index < -0.39 is 18.2 Å². The maximum Gasteiger partial charge on any atom is 0.338 e. The number of benzene rings is 3. The predicted molar refractivity (Wildman–Crippen MR) is 104 cm³/mol. The Morgan fingerprint density at radius 1 is 0.833 bits per heavy atom. The molecule has 0 radical (unpaired) electrons. The van der Waals surface area contributed by atoms with Crippen LogP contribution < -0.4 is 4.74 Å². The lowest BCUT2D eigenvalue weighted by Crippen LogP contribution is -2.34. The molecule has 0 aromatic heterocycles. The van der Waals surface area contributed by atoms with Crippen LogP contribution in [0.25, 0.3) is 0 Å². The first-order chi connectivity index (χ1) is 14.3. The van der Waals surface area contributed by atoms with Gasteiger partial charge in [-0.3, -0.25) is 0 Å². The molecule has 1 aliphatic rings. The fourth-order valence-corrected chi connectivity index (χ4v) is 3.35. The van der Waals surface area contributed by atoms with Crippen molar-refractivity contribution in [1.29, 1.82) is 0 Å². The van der Waals surface area contributed by atoms with Gasteiger partial charge >= 0.3 is 5.97 Å². The quantitative estimate of drug-likeness (QED) is 0.328. The molecule has 3 aromatic carbocycles. The van der Waals surface area contributed by atoms with Gasteiger partial charge in [-0.15, -0.1) is 0 Å². The van der Waals surface area contributed by atoms with Gasteiger partial charge in [0.25, 0.3) is 0 Å². The molecule has 0 bridgehead atoms. The molecular formula is C22H18O8. The Morgan fingerprint density at radius 3 is 2.27 bits per heavy atom. The fourth-order valence-electron chi connectivity index (χ4n) is 3.35. The van der Waals surface area contributed by atoms with Crippen LogP contribution in [0.2, 0.25) is 0 Å². The molecule has 2 unspecified atom stereocenters. The van der Waals surface area contributed by atoms with Crippen molar-refractivity contribution in [1.82, 2.24) is 0 Å². The van der Waals surface area contributed by atoms with E-state index in [0.29, 0.717) is 11.1 Å². The molecule has 8 nitrogen and oxygen atoms in total. The van der Waals surface area contributed by atoms with Gasteiger partial charge in [0.1, 0.15) is 29.1 Å². The van der Waals surface area contributed by atoms with E-state index in [4.69, 9.17) is 9.47 Å². The number of phenols is 5. The normalized spacial score (nSPS) is 17.6. The Kier molecular flexibility index (Phi) is 4.75. The molecule has 154 valence electrons. The number of carbonyl (C=O) groups excluding carboxylic acids is 1. The summed E-state index contributed by atoms with van der Waals surface area (Å²) >= 11 is 0. The summed E-state index contributed by atoms with van der Waals surface area (Å²) in [6.45, 7) is 0. The lowest BCUT2D eigenvalue weighted by molar-refractivity contribution is -0.0188. The molecule has 0 amide bonds. The maximum atomic E-state index is 12.6. The number of phenolic OH excluding ortho intramolecular Hbond substituents is 5. The minimum Gasteiger partial charge on any atom is -0.508 e. The van der Waals surface area contributed by atoms with Crippen LogP contribution in [-0.2, 0) is 11.2 Å². The summed E-state index contributed by atoms with van der Waals surface area (Å²) in [5.74, 6) is -1.54. The minimum absolute atomic E-state index is 0.00338. The predicted octanol–water partition coefficient (Wildman–Crippen LogP) is 3.12. The number of ether oxygens (including phenoxy) is 2. The van der Waals surface area contributed by atoms with Crippen LogP contribution in [0.15, 0.2) is 54.6 Å². The summed E-state index contributed by atoms with van der Waals surface area (Å²) in [5.41, 5.74) is 0.985.